The van der Waals surface area contributed by atoms with Crippen LogP contribution in [-0.2, 0) is 0 Å². The Morgan fingerprint density at radius 3 is 2.64 bits per heavy atom. The summed E-state index contributed by atoms with van der Waals surface area (Å²) < 4.78 is 0. The fraction of sp³-hybridized carbons (Fsp3) is 0.182. The molecule has 0 spiro atoms. The monoisotopic (exact) mass is 209 g/mol. The number of rotatable bonds is 4. The summed E-state index contributed by atoms with van der Waals surface area (Å²) in [5.74, 6) is -0.0254. The van der Waals surface area contributed by atoms with Gasteiger partial charge in [-0.3, -0.25) is 4.79 Å². The van der Waals surface area contributed by atoms with Gasteiger partial charge in [0.1, 0.15) is 0 Å². The van der Waals surface area contributed by atoms with Crippen molar-refractivity contribution in [2.45, 2.75) is 6.92 Å². The van der Waals surface area contributed by atoms with Crippen LogP contribution in [0, 0.1) is 0 Å². The first-order chi connectivity index (χ1) is 6.74. The lowest BCUT2D eigenvalue weighted by atomic mass is 10.1. The molecule has 14 heavy (non-hydrogen) atoms. The number of benzene rings is 1. The van der Waals surface area contributed by atoms with Crippen LogP contribution in [0.25, 0.3) is 0 Å². The van der Waals surface area contributed by atoms with E-state index in [-0.39, 0.29) is 5.78 Å². The first kappa shape index (κ1) is 10.8. The molecule has 0 amide bonds. The molecular weight excluding hydrogens is 198 g/mol. The lowest BCUT2D eigenvalue weighted by molar-refractivity contribution is 0.104. The first-order valence-corrected chi connectivity index (χ1v) is 4.81. The molecule has 0 radical (unpaired) electrons. The van der Waals surface area contributed by atoms with Crippen molar-refractivity contribution in [1.82, 2.24) is 5.32 Å². The van der Waals surface area contributed by atoms with Crippen molar-refractivity contribution in [2.75, 3.05) is 6.54 Å². The molecule has 0 unspecified atom stereocenters. The van der Waals surface area contributed by atoms with E-state index < -0.39 is 0 Å². The van der Waals surface area contributed by atoms with Crippen LogP contribution in [-0.4, -0.2) is 12.3 Å². The predicted octanol–water partition coefficient (Wildman–Crippen LogP) is 2.65. The molecule has 74 valence electrons. The summed E-state index contributed by atoms with van der Waals surface area (Å²) in [4.78, 5) is 11.5. The van der Waals surface area contributed by atoms with Gasteiger partial charge in [-0.1, -0.05) is 11.6 Å². The minimum atomic E-state index is -0.0254. The van der Waals surface area contributed by atoms with E-state index in [9.17, 15) is 4.79 Å². The van der Waals surface area contributed by atoms with E-state index in [0.29, 0.717) is 10.6 Å². The summed E-state index contributed by atoms with van der Waals surface area (Å²) in [6.07, 6.45) is 3.16. The molecule has 0 aliphatic rings. The first-order valence-electron chi connectivity index (χ1n) is 4.44. The van der Waals surface area contributed by atoms with Gasteiger partial charge in [0.2, 0.25) is 0 Å². The van der Waals surface area contributed by atoms with Crippen molar-refractivity contribution >= 4 is 17.4 Å². The summed E-state index contributed by atoms with van der Waals surface area (Å²) >= 11 is 5.70. The highest BCUT2D eigenvalue weighted by atomic mass is 35.5. The smallest absolute Gasteiger partial charge is 0.187 e. The van der Waals surface area contributed by atoms with E-state index in [1.807, 2.05) is 6.92 Å². The van der Waals surface area contributed by atoms with Crippen molar-refractivity contribution in [3.05, 3.63) is 47.1 Å². The van der Waals surface area contributed by atoms with Gasteiger partial charge < -0.3 is 5.32 Å². The molecule has 0 saturated carbocycles. The molecule has 2 nitrogen and oxygen atoms in total. The fourth-order valence-corrected chi connectivity index (χ4v) is 1.09. The van der Waals surface area contributed by atoms with Gasteiger partial charge in [0.25, 0.3) is 0 Å². The average Bonchev–Trinajstić information content (AvgIpc) is 2.19. The molecule has 1 aromatic rings. The number of halogens is 1. The molecular formula is C11H12ClNO. The van der Waals surface area contributed by atoms with Gasteiger partial charge in [-0.2, -0.15) is 0 Å². The Morgan fingerprint density at radius 1 is 1.43 bits per heavy atom. The molecule has 0 saturated heterocycles. The normalized spacial score (nSPS) is 10.4. The third-order valence-electron chi connectivity index (χ3n) is 1.69. The maximum atomic E-state index is 11.5. The summed E-state index contributed by atoms with van der Waals surface area (Å²) in [7, 11) is 0. The minimum absolute atomic E-state index is 0.0254. The quantitative estimate of drug-likeness (QED) is 0.610. The Labute approximate surface area is 88.6 Å². The second kappa shape index (κ2) is 5.45. The van der Waals surface area contributed by atoms with Crippen molar-refractivity contribution in [1.29, 1.82) is 0 Å². The molecule has 1 N–H and O–H groups in total. The van der Waals surface area contributed by atoms with Gasteiger partial charge in [-0.05, 0) is 31.2 Å². The van der Waals surface area contributed by atoms with Crippen LogP contribution in [0.2, 0.25) is 5.02 Å². The summed E-state index contributed by atoms with van der Waals surface area (Å²) in [5, 5.41) is 3.57. The highest BCUT2D eigenvalue weighted by Gasteiger charge is 1.99. The maximum absolute atomic E-state index is 11.5. The zero-order chi connectivity index (χ0) is 10.4. The van der Waals surface area contributed by atoms with Crippen LogP contribution in [0.5, 0.6) is 0 Å². The van der Waals surface area contributed by atoms with E-state index in [4.69, 9.17) is 11.6 Å². The molecule has 1 aromatic carbocycles. The second-order valence-electron chi connectivity index (χ2n) is 2.76. The predicted molar refractivity (Wildman–Crippen MR) is 58.6 cm³/mol. The van der Waals surface area contributed by atoms with E-state index in [1.165, 1.54) is 6.08 Å². The van der Waals surface area contributed by atoms with Gasteiger partial charge in [-0.25, -0.2) is 0 Å². The van der Waals surface area contributed by atoms with E-state index in [1.54, 1.807) is 30.5 Å². The Balaban J connectivity index is 2.65. The van der Waals surface area contributed by atoms with Gasteiger partial charge in [0.15, 0.2) is 5.78 Å². The van der Waals surface area contributed by atoms with Gasteiger partial charge in [0, 0.05) is 29.4 Å². The fourth-order valence-electron chi connectivity index (χ4n) is 0.963. The van der Waals surface area contributed by atoms with Crippen LogP contribution in [0.1, 0.15) is 17.3 Å². The Bertz CT molecular complexity index is 330. The highest BCUT2D eigenvalue weighted by molar-refractivity contribution is 6.30. The number of allylic oxidation sites excluding steroid dienone is 1. The van der Waals surface area contributed by atoms with E-state index >= 15 is 0 Å². The van der Waals surface area contributed by atoms with Crippen LogP contribution in [0.4, 0.5) is 0 Å². The maximum Gasteiger partial charge on any atom is 0.187 e. The molecule has 3 heteroatoms. The lowest BCUT2D eigenvalue weighted by Crippen LogP contribution is -2.03. The Hall–Kier alpha value is -1.28. The van der Waals surface area contributed by atoms with Gasteiger partial charge >= 0.3 is 0 Å². The molecule has 0 aliphatic carbocycles. The van der Waals surface area contributed by atoms with Gasteiger partial charge in [0.05, 0.1) is 0 Å². The van der Waals surface area contributed by atoms with Crippen molar-refractivity contribution in [2.24, 2.45) is 0 Å². The van der Waals surface area contributed by atoms with Crippen LogP contribution in [0.15, 0.2) is 36.5 Å². The number of ketones is 1. The number of nitrogens with one attached hydrogen (secondary N) is 1. The Kier molecular flexibility index (Phi) is 4.20. The van der Waals surface area contributed by atoms with Crippen LogP contribution in [0.3, 0.4) is 0 Å². The van der Waals surface area contributed by atoms with Crippen LogP contribution >= 0.6 is 11.6 Å². The van der Waals surface area contributed by atoms with E-state index in [0.717, 1.165) is 6.54 Å². The number of hydrogen-bond acceptors (Lipinski definition) is 2. The number of carbonyl (C=O) groups excluding carboxylic acids is 1. The van der Waals surface area contributed by atoms with E-state index in [2.05, 4.69) is 5.32 Å². The number of hydrogen-bond donors (Lipinski definition) is 1. The molecule has 0 bridgehead atoms. The van der Waals surface area contributed by atoms with Gasteiger partial charge in [-0.15, -0.1) is 0 Å². The second-order valence-corrected chi connectivity index (χ2v) is 3.20. The molecule has 0 heterocycles. The summed E-state index contributed by atoms with van der Waals surface area (Å²) in [5.41, 5.74) is 0.642. The minimum Gasteiger partial charge on any atom is -0.391 e. The third-order valence-corrected chi connectivity index (χ3v) is 1.94. The lowest BCUT2D eigenvalue weighted by Gasteiger charge is -1.96. The van der Waals surface area contributed by atoms with Crippen LogP contribution < -0.4 is 5.32 Å². The van der Waals surface area contributed by atoms with Crippen molar-refractivity contribution < 1.29 is 4.79 Å². The third kappa shape index (κ3) is 3.23. The average molecular weight is 210 g/mol. The Morgan fingerprint density at radius 2 is 2.07 bits per heavy atom. The van der Waals surface area contributed by atoms with Crippen molar-refractivity contribution in [3.63, 3.8) is 0 Å². The largest absolute Gasteiger partial charge is 0.391 e. The van der Waals surface area contributed by atoms with Crippen molar-refractivity contribution in [3.8, 4) is 0 Å². The summed E-state index contributed by atoms with van der Waals surface area (Å²) in [6, 6.07) is 6.83. The SMILES string of the molecule is CCNC=CC(=O)c1ccc(Cl)cc1. The number of carbonyl (C=O) groups is 1. The molecule has 0 aliphatic heterocycles. The highest BCUT2D eigenvalue weighted by Crippen LogP contribution is 2.10. The molecule has 0 fully saturated rings. The molecule has 1 rings (SSSR count). The zero-order valence-electron chi connectivity index (χ0n) is 7.96. The standard InChI is InChI=1S/C11H12ClNO/c1-2-13-8-7-11(14)9-3-5-10(12)6-4-9/h3-8,13H,2H2,1H3. The molecule has 0 atom stereocenters. The zero-order valence-corrected chi connectivity index (χ0v) is 8.71. The molecule has 0 aromatic heterocycles. The summed E-state index contributed by atoms with van der Waals surface area (Å²) in [6.45, 7) is 2.78. The topological polar surface area (TPSA) is 29.1 Å².